The Bertz CT molecular complexity index is 762. The lowest BCUT2D eigenvalue weighted by molar-refractivity contribution is -0.121. The van der Waals surface area contributed by atoms with Crippen LogP contribution in [0.4, 0.5) is 10.1 Å². The van der Waals surface area contributed by atoms with Crippen molar-refractivity contribution in [3.63, 3.8) is 0 Å². The van der Waals surface area contributed by atoms with Gasteiger partial charge in [-0.05, 0) is 49.8 Å². The number of hydrogen-bond donors (Lipinski definition) is 3. The zero-order valence-corrected chi connectivity index (χ0v) is 14.8. The molecule has 0 saturated carbocycles. The summed E-state index contributed by atoms with van der Waals surface area (Å²) in [6.07, 6.45) is -0.190. The minimum atomic E-state index is -0.520. The Hall–Kier alpha value is -2.18. The fraction of sp³-hybridized carbons (Fsp3) is 0.176. The summed E-state index contributed by atoms with van der Waals surface area (Å²) in [6, 6.07) is 10.2. The molecule has 3 N–H and O–H groups in total. The Labute approximate surface area is 150 Å². The van der Waals surface area contributed by atoms with E-state index in [0.717, 1.165) is 16.8 Å². The van der Waals surface area contributed by atoms with Crippen LogP contribution in [0.5, 0.6) is 0 Å². The Morgan fingerprint density at radius 2 is 1.96 bits per heavy atom. The monoisotopic (exact) mass is 365 g/mol. The van der Waals surface area contributed by atoms with Gasteiger partial charge in [0.15, 0.2) is 5.11 Å². The average Bonchev–Trinajstić information content (AvgIpc) is 2.52. The largest absolute Gasteiger partial charge is 0.331 e. The first kappa shape index (κ1) is 18.2. The Kier molecular flexibility index (Phi) is 6.11. The fourth-order valence-corrected chi connectivity index (χ4v) is 2.53. The van der Waals surface area contributed by atoms with Gasteiger partial charge in [0.2, 0.25) is 5.91 Å². The van der Waals surface area contributed by atoms with Crippen LogP contribution in [0, 0.1) is 19.7 Å². The van der Waals surface area contributed by atoms with Crippen LogP contribution in [-0.2, 0) is 11.2 Å². The maximum atomic E-state index is 13.7. The van der Waals surface area contributed by atoms with Crippen molar-refractivity contribution >= 4 is 40.5 Å². The number of carbonyl (C=O) groups is 1. The van der Waals surface area contributed by atoms with Crippen LogP contribution in [0.25, 0.3) is 0 Å². The Balaban J connectivity index is 1.88. The third-order valence-corrected chi connectivity index (χ3v) is 3.90. The first-order valence-electron chi connectivity index (χ1n) is 7.23. The minimum Gasteiger partial charge on any atom is -0.331 e. The highest BCUT2D eigenvalue weighted by atomic mass is 35.5. The number of halogens is 2. The van der Waals surface area contributed by atoms with Crippen LogP contribution < -0.4 is 16.2 Å². The number of carbonyl (C=O) groups excluding carboxylic acids is 1. The Morgan fingerprint density at radius 3 is 2.62 bits per heavy atom. The van der Waals surface area contributed by atoms with Gasteiger partial charge in [0.25, 0.3) is 0 Å². The molecule has 0 heterocycles. The van der Waals surface area contributed by atoms with Crippen molar-refractivity contribution in [2.24, 2.45) is 0 Å². The van der Waals surface area contributed by atoms with Gasteiger partial charge in [-0.1, -0.05) is 35.4 Å². The molecule has 2 aromatic rings. The summed E-state index contributed by atoms with van der Waals surface area (Å²) in [6.45, 7) is 3.96. The van der Waals surface area contributed by atoms with E-state index in [1.165, 1.54) is 18.2 Å². The summed E-state index contributed by atoms with van der Waals surface area (Å²) >= 11 is 11.0. The molecule has 0 bridgehead atoms. The van der Waals surface area contributed by atoms with Crippen LogP contribution in [0.2, 0.25) is 5.02 Å². The smallest absolute Gasteiger partial charge is 0.242 e. The van der Waals surface area contributed by atoms with Crippen LogP contribution >= 0.6 is 23.8 Å². The lowest BCUT2D eigenvalue weighted by Crippen LogP contribution is -2.44. The van der Waals surface area contributed by atoms with Crippen LogP contribution in [0.3, 0.4) is 0 Å². The third kappa shape index (κ3) is 4.91. The number of hydrazine groups is 1. The maximum absolute atomic E-state index is 13.7. The average molecular weight is 366 g/mol. The van der Waals surface area contributed by atoms with Gasteiger partial charge in [-0.25, -0.2) is 4.39 Å². The lowest BCUT2D eigenvalue weighted by atomic mass is 10.1. The van der Waals surface area contributed by atoms with Gasteiger partial charge in [-0.2, -0.15) is 0 Å². The molecule has 0 unspecified atom stereocenters. The van der Waals surface area contributed by atoms with Crippen LogP contribution in [0.1, 0.15) is 16.7 Å². The van der Waals surface area contributed by atoms with Gasteiger partial charge in [-0.15, -0.1) is 0 Å². The highest BCUT2D eigenvalue weighted by Crippen LogP contribution is 2.19. The number of rotatable bonds is 3. The molecule has 0 spiro atoms. The molecule has 0 aliphatic heterocycles. The van der Waals surface area contributed by atoms with Gasteiger partial charge in [-0.3, -0.25) is 15.6 Å². The molecule has 0 fully saturated rings. The van der Waals surface area contributed by atoms with Crippen molar-refractivity contribution in [3.05, 3.63) is 63.9 Å². The van der Waals surface area contributed by atoms with Crippen molar-refractivity contribution in [1.29, 1.82) is 0 Å². The molecule has 0 saturated heterocycles. The van der Waals surface area contributed by atoms with Crippen molar-refractivity contribution in [2.45, 2.75) is 20.3 Å². The molecule has 1 amide bonds. The summed E-state index contributed by atoms with van der Waals surface area (Å²) in [5.41, 5.74) is 8.16. The number of hydrogen-bond acceptors (Lipinski definition) is 2. The van der Waals surface area contributed by atoms with E-state index in [0.29, 0.717) is 0 Å². The minimum absolute atomic E-state index is 0.145. The van der Waals surface area contributed by atoms with Gasteiger partial charge in [0, 0.05) is 16.3 Å². The molecule has 24 heavy (non-hydrogen) atoms. The summed E-state index contributed by atoms with van der Waals surface area (Å²) < 4.78 is 13.7. The van der Waals surface area contributed by atoms with Gasteiger partial charge in [0.05, 0.1) is 6.42 Å². The molecule has 0 atom stereocenters. The molecular weight excluding hydrogens is 349 g/mol. The molecule has 0 radical (unpaired) electrons. The summed E-state index contributed by atoms with van der Waals surface area (Å²) in [7, 11) is 0. The normalized spacial score (nSPS) is 10.2. The van der Waals surface area contributed by atoms with Crippen LogP contribution in [0.15, 0.2) is 36.4 Å². The van der Waals surface area contributed by atoms with E-state index in [1.807, 2.05) is 32.0 Å². The zero-order valence-electron chi connectivity index (χ0n) is 13.2. The molecule has 7 heteroatoms. The highest BCUT2D eigenvalue weighted by molar-refractivity contribution is 7.80. The van der Waals surface area contributed by atoms with E-state index in [1.54, 1.807) is 0 Å². The second kappa shape index (κ2) is 8.08. The standard InChI is InChI=1S/C17H17ClFN3OS/c1-10-6-7-15(11(2)8-10)20-17(24)22-21-16(23)9-12-13(18)4-3-5-14(12)19/h3-8H,9H2,1-2H3,(H,21,23)(H2,20,22,24). The molecule has 0 aromatic heterocycles. The van der Waals surface area contributed by atoms with Crippen molar-refractivity contribution < 1.29 is 9.18 Å². The predicted molar refractivity (Wildman–Crippen MR) is 98.5 cm³/mol. The van der Waals surface area contributed by atoms with Crippen molar-refractivity contribution in [3.8, 4) is 0 Å². The Morgan fingerprint density at radius 1 is 1.21 bits per heavy atom. The SMILES string of the molecule is Cc1ccc(NC(=S)NNC(=O)Cc2c(F)cccc2Cl)c(C)c1. The number of amides is 1. The molecule has 0 aliphatic rings. The molecule has 4 nitrogen and oxygen atoms in total. The van der Waals surface area contributed by atoms with Crippen LogP contribution in [-0.4, -0.2) is 11.0 Å². The number of aryl methyl sites for hydroxylation is 2. The number of anilines is 1. The van der Waals surface area contributed by atoms with Crippen molar-refractivity contribution in [2.75, 3.05) is 5.32 Å². The molecular formula is C17H17ClFN3OS. The molecule has 126 valence electrons. The summed E-state index contributed by atoms with van der Waals surface area (Å²) in [5, 5.41) is 3.43. The van der Waals surface area contributed by atoms with E-state index >= 15 is 0 Å². The van der Waals surface area contributed by atoms with Crippen molar-refractivity contribution in [1.82, 2.24) is 10.9 Å². The number of nitrogens with one attached hydrogen (secondary N) is 3. The highest BCUT2D eigenvalue weighted by Gasteiger charge is 2.12. The lowest BCUT2D eigenvalue weighted by Gasteiger charge is -2.14. The first-order valence-corrected chi connectivity index (χ1v) is 8.01. The van der Waals surface area contributed by atoms with E-state index in [9.17, 15) is 9.18 Å². The first-order chi connectivity index (χ1) is 11.4. The second-order valence-corrected chi connectivity index (χ2v) is 6.14. The molecule has 2 rings (SSSR count). The fourth-order valence-electron chi connectivity index (χ4n) is 2.14. The van der Waals surface area contributed by atoms with E-state index in [4.69, 9.17) is 23.8 Å². The van der Waals surface area contributed by atoms with E-state index in [-0.39, 0.29) is 22.1 Å². The third-order valence-electron chi connectivity index (χ3n) is 3.34. The predicted octanol–water partition coefficient (Wildman–Crippen LogP) is 3.66. The molecule has 2 aromatic carbocycles. The number of thiocarbonyl (C=S) groups is 1. The van der Waals surface area contributed by atoms with E-state index < -0.39 is 11.7 Å². The summed E-state index contributed by atoms with van der Waals surface area (Å²) in [5.74, 6) is -0.972. The van der Waals surface area contributed by atoms with Gasteiger partial charge < -0.3 is 5.32 Å². The quantitative estimate of drug-likeness (QED) is 0.574. The van der Waals surface area contributed by atoms with E-state index in [2.05, 4.69) is 16.2 Å². The topological polar surface area (TPSA) is 53.2 Å². The maximum Gasteiger partial charge on any atom is 0.242 e. The molecule has 0 aliphatic carbocycles. The second-order valence-electron chi connectivity index (χ2n) is 5.32. The van der Waals surface area contributed by atoms with Gasteiger partial charge in [0.1, 0.15) is 5.82 Å². The van der Waals surface area contributed by atoms with Gasteiger partial charge >= 0.3 is 0 Å². The summed E-state index contributed by atoms with van der Waals surface area (Å²) in [4.78, 5) is 11.9. The number of benzene rings is 2. The zero-order chi connectivity index (χ0) is 17.7.